The number of benzene rings is 2. The van der Waals surface area contributed by atoms with Crippen molar-refractivity contribution in [3.63, 3.8) is 0 Å². The summed E-state index contributed by atoms with van der Waals surface area (Å²) in [6.45, 7) is 1.81. The normalized spacial score (nSPS) is 16.8. The quantitative estimate of drug-likeness (QED) is 0.343. The van der Waals surface area contributed by atoms with E-state index in [2.05, 4.69) is 5.43 Å². The predicted octanol–water partition coefficient (Wildman–Crippen LogP) is 6.14. The lowest BCUT2D eigenvalue weighted by Gasteiger charge is -2.32. The Kier molecular flexibility index (Phi) is 7.70. The molecule has 1 saturated heterocycles. The standard InChI is InChI=1S/C27H27Cl2F2N3O3/c28-21-6-5-18(12-23(21)30)37-11-1-2-16-7-9-33(10-8-16)32-27(36)20-15-34(17-3-4-17)25-14-22(29)24(31)13-19(25)26(20)35/h5-6,12-17H,1-4,7-11H2,(H,32,36). The fraction of sp³-hybridized carbons (Fsp3) is 0.407. The first-order valence-electron chi connectivity index (χ1n) is 12.5. The highest BCUT2D eigenvalue weighted by molar-refractivity contribution is 6.31. The van der Waals surface area contributed by atoms with Crippen LogP contribution in [0.3, 0.4) is 0 Å². The zero-order chi connectivity index (χ0) is 26.1. The number of amides is 1. The van der Waals surface area contributed by atoms with Gasteiger partial charge in [-0.15, -0.1) is 0 Å². The predicted molar refractivity (Wildman–Crippen MR) is 139 cm³/mol. The molecule has 6 nitrogen and oxygen atoms in total. The molecule has 0 atom stereocenters. The molecule has 1 aliphatic carbocycles. The van der Waals surface area contributed by atoms with Crippen molar-refractivity contribution in [1.82, 2.24) is 15.0 Å². The Morgan fingerprint density at radius 3 is 2.46 bits per heavy atom. The molecule has 1 N–H and O–H groups in total. The molecule has 0 radical (unpaired) electrons. The SMILES string of the molecule is O=C(NN1CCC(CCCOc2ccc(Cl)c(F)c2)CC1)c1cn(C2CC2)c2cc(Cl)c(F)cc2c1=O. The number of hydrazine groups is 1. The molecule has 1 saturated carbocycles. The Morgan fingerprint density at radius 2 is 1.76 bits per heavy atom. The summed E-state index contributed by atoms with van der Waals surface area (Å²) in [5.74, 6) is -0.725. The minimum atomic E-state index is -0.682. The molecule has 0 unspecified atom stereocenters. The molecule has 10 heteroatoms. The Morgan fingerprint density at radius 1 is 1.03 bits per heavy atom. The van der Waals surface area contributed by atoms with E-state index in [1.165, 1.54) is 18.2 Å². The summed E-state index contributed by atoms with van der Waals surface area (Å²) < 4.78 is 35.1. The third kappa shape index (κ3) is 5.92. The lowest BCUT2D eigenvalue weighted by Crippen LogP contribution is -2.47. The van der Waals surface area contributed by atoms with Gasteiger partial charge >= 0.3 is 0 Å². The van der Waals surface area contributed by atoms with Crippen LogP contribution in [0.1, 0.15) is 54.9 Å². The number of nitrogens with one attached hydrogen (secondary N) is 1. The van der Waals surface area contributed by atoms with E-state index in [1.807, 2.05) is 9.58 Å². The van der Waals surface area contributed by atoms with Gasteiger partial charge in [0.15, 0.2) is 0 Å². The van der Waals surface area contributed by atoms with Gasteiger partial charge in [0.05, 0.1) is 22.2 Å². The van der Waals surface area contributed by atoms with E-state index >= 15 is 0 Å². The van der Waals surface area contributed by atoms with Crippen LogP contribution in [0.4, 0.5) is 8.78 Å². The number of pyridine rings is 1. The summed E-state index contributed by atoms with van der Waals surface area (Å²) in [5.41, 5.74) is 2.90. The zero-order valence-electron chi connectivity index (χ0n) is 20.1. The van der Waals surface area contributed by atoms with Crippen LogP contribution in [0, 0.1) is 17.6 Å². The number of fused-ring (bicyclic) bond motifs is 1. The van der Waals surface area contributed by atoms with Crippen LogP contribution in [0.25, 0.3) is 10.9 Å². The van der Waals surface area contributed by atoms with Crippen LogP contribution in [0.5, 0.6) is 5.75 Å². The van der Waals surface area contributed by atoms with Gasteiger partial charge in [-0.1, -0.05) is 23.2 Å². The van der Waals surface area contributed by atoms with Crippen molar-refractivity contribution in [3.8, 4) is 5.75 Å². The summed E-state index contributed by atoms with van der Waals surface area (Å²) >= 11 is 11.6. The molecule has 37 heavy (non-hydrogen) atoms. The van der Waals surface area contributed by atoms with E-state index < -0.39 is 23.0 Å². The summed E-state index contributed by atoms with van der Waals surface area (Å²) in [7, 11) is 0. The Labute approximate surface area is 223 Å². The minimum absolute atomic E-state index is 0.000897. The van der Waals surface area contributed by atoms with E-state index in [0.717, 1.165) is 44.6 Å². The van der Waals surface area contributed by atoms with E-state index in [0.29, 0.717) is 36.9 Å². The second kappa shape index (κ2) is 11.0. The molecule has 196 valence electrons. The maximum absolute atomic E-state index is 14.1. The molecular formula is C27H27Cl2F2N3O3. The van der Waals surface area contributed by atoms with Gasteiger partial charge in [-0.05, 0) is 68.7 Å². The number of carbonyl (C=O) groups excluding carboxylic acids is 1. The molecule has 2 fully saturated rings. The first kappa shape index (κ1) is 25.9. The maximum atomic E-state index is 14.1. The molecule has 1 amide bonds. The molecule has 2 aromatic carbocycles. The van der Waals surface area contributed by atoms with Crippen LogP contribution >= 0.6 is 23.2 Å². The Hall–Kier alpha value is -2.68. The Bertz CT molecular complexity index is 1390. The topological polar surface area (TPSA) is 63.6 Å². The van der Waals surface area contributed by atoms with Crippen molar-refractivity contribution in [2.75, 3.05) is 19.7 Å². The van der Waals surface area contributed by atoms with Crippen LogP contribution < -0.4 is 15.6 Å². The van der Waals surface area contributed by atoms with E-state index in [4.69, 9.17) is 27.9 Å². The lowest BCUT2D eigenvalue weighted by atomic mass is 9.93. The number of piperidine rings is 1. The molecule has 3 aromatic rings. The number of aromatic nitrogens is 1. The second-order valence-electron chi connectivity index (χ2n) is 9.73. The minimum Gasteiger partial charge on any atom is -0.493 e. The summed E-state index contributed by atoms with van der Waals surface area (Å²) in [5, 5.41) is 2.01. The highest BCUT2D eigenvalue weighted by atomic mass is 35.5. The van der Waals surface area contributed by atoms with Gasteiger partial charge in [0, 0.05) is 36.8 Å². The summed E-state index contributed by atoms with van der Waals surface area (Å²) in [6.07, 6.45) is 7.02. The molecule has 0 spiro atoms. The van der Waals surface area contributed by atoms with Gasteiger partial charge in [0.25, 0.3) is 5.91 Å². The summed E-state index contributed by atoms with van der Waals surface area (Å²) in [6, 6.07) is 7.15. The lowest BCUT2D eigenvalue weighted by molar-refractivity contribution is 0.0691. The molecule has 2 heterocycles. The number of halogens is 4. The first-order valence-corrected chi connectivity index (χ1v) is 13.2. The van der Waals surface area contributed by atoms with Gasteiger partial charge < -0.3 is 9.30 Å². The fourth-order valence-electron chi connectivity index (χ4n) is 4.83. The smallest absolute Gasteiger partial charge is 0.271 e. The largest absolute Gasteiger partial charge is 0.493 e. The maximum Gasteiger partial charge on any atom is 0.271 e. The van der Waals surface area contributed by atoms with Crippen LogP contribution in [-0.4, -0.2) is 35.2 Å². The average molecular weight is 550 g/mol. The second-order valence-corrected chi connectivity index (χ2v) is 10.5. The van der Waals surface area contributed by atoms with E-state index in [9.17, 15) is 18.4 Å². The van der Waals surface area contributed by atoms with Crippen molar-refractivity contribution < 1.29 is 18.3 Å². The number of rotatable bonds is 8. The van der Waals surface area contributed by atoms with Gasteiger partial charge in [0.1, 0.15) is 22.9 Å². The van der Waals surface area contributed by atoms with E-state index in [1.54, 1.807) is 12.3 Å². The molecule has 1 aromatic heterocycles. The number of carbonyl (C=O) groups is 1. The average Bonchev–Trinajstić information content (AvgIpc) is 3.72. The van der Waals surface area contributed by atoms with Crippen molar-refractivity contribution >= 4 is 40.0 Å². The molecular weight excluding hydrogens is 523 g/mol. The van der Waals surface area contributed by atoms with Gasteiger partial charge in [-0.25, -0.2) is 13.8 Å². The third-order valence-corrected chi connectivity index (χ3v) is 7.65. The highest BCUT2D eigenvalue weighted by Gasteiger charge is 2.28. The van der Waals surface area contributed by atoms with Gasteiger partial charge in [0.2, 0.25) is 5.43 Å². The number of nitrogens with zero attached hydrogens (tertiary/aromatic N) is 2. The van der Waals surface area contributed by atoms with Crippen LogP contribution in [-0.2, 0) is 0 Å². The van der Waals surface area contributed by atoms with Crippen LogP contribution in [0.2, 0.25) is 10.0 Å². The van der Waals surface area contributed by atoms with E-state index in [-0.39, 0.29) is 27.0 Å². The number of hydrogen-bond acceptors (Lipinski definition) is 4. The van der Waals surface area contributed by atoms with Crippen molar-refractivity contribution in [2.45, 2.75) is 44.6 Å². The van der Waals surface area contributed by atoms with Crippen LogP contribution in [0.15, 0.2) is 41.3 Å². The Balaban J connectivity index is 1.15. The highest BCUT2D eigenvalue weighted by Crippen LogP contribution is 2.37. The van der Waals surface area contributed by atoms with Crippen molar-refractivity contribution in [1.29, 1.82) is 0 Å². The zero-order valence-corrected chi connectivity index (χ0v) is 21.6. The number of ether oxygens (including phenoxy) is 1. The van der Waals surface area contributed by atoms with Gasteiger partial charge in [-0.2, -0.15) is 0 Å². The third-order valence-electron chi connectivity index (χ3n) is 7.05. The van der Waals surface area contributed by atoms with Crippen molar-refractivity contribution in [3.05, 3.63) is 74.0 Å². The molecule has 5 rings (SSSR count). The molecule has 1 aliphatic heterocycles. The van der Waals surface area contributed by atoms with Gasteiger partial charge in [-0.3, -0.25) is 15.0 Å². The molecule has 2 aliphatic rings. The monoisotopic (exact) mass is 549 g/mol. The van der Waals surface area contributed by atoms with Crippen molar-refractivity contribution in [2.24, 2.45) is 5.92 Å². The number of hydrogen-bond donors (Lipinski definition) is 1. The molecule has 0 bridgehead atoms. The fourth-order valence-corrected chi connectivity index (χ4v) is 5.10. The summed E-state index contributed by atoms with van der Waals surface area (Å²) in [4.78, 5) is 26.1. The first-order chi connectivity index (χ1) is 17.8.